The molecule has 2 aliphatic carbocycles. The molecule has 254 valence electrons. The van der Waals surface area contributed by atoms with Crippen LogP contribution in [0.25, 0.3) is 44.5 Å². The fourth-order valence-corrected chi connectivity index (χ4v) is 9.00. The molecule has 0 saturated heterocycles. The van der Waals surface area contributed by atoms with E-state index in [4.69, 9.17) is 0 Å². The Hall–Kier alpha value is -5.66. The van der Waals surface area contributed by atoms with Crippen LogP contribution in [-0.2, 0) is 5.41 Å². The van der Waals surface area contributed by atoms with Gasteiger partial charge in [0, 0.05) is 22.2 Å². The van der Waals surface area contributed by atoms with Crippen LogP contribution in [0.3, 0.4) is 0 Å². The Labute approximate surface area is 309 Å². The second kappa shape index (κ2) is 13.5. The fraction of sp³-hybridized carbons (Fsp3) is 0.176. The highest BCUT2D eigenvalue weighted by Crippen LogP contribution is 2.55. The maximum Gasteiger partial charge on any atom is 0.0543 e. The topological polar surface area (TPSA) is 3.24 Å². The molecule has 0 spiro atoms. The Morgan fingerprint density at radius 3 is 1.71 bits per heavy atom. The summed E-state index contributed by atoms with van der Waals surface area (Å²) in [7, 11) is 0. The maximum atomic E-state index is 2.50. The standard InChI is InChI=1S/C51H45N/c1-51(2)46-24-13-11-23-45(46)50-47(51)25-15-27-49(50)52(41-34-32-39(33-35-41)38-30-28-37(29-31-38)36-16-5-3-6-17-36)48-26-14-12-22-44(48)43-21-10-9-20-42(43)40-18-7-4-8-19-40/h4,7-15,18-36H,3,5-6,16-17H2,1-2H3. The van der Waals surface area contributed by atoms with Crippen LogP contribution in [-0.4, -0.2) is 0 Å². The minimum atomic E-state index is -0.0965. The zero-order chi connectivity index (χ0) is 35.1. The van der Waals surface area contributed by atoms with Crippen LogP contribution >= 0.6 is 0 Å². The van der Waals surface area contributed by atoms with E-state index in [1.807, 2.05) is 0 Å². The van der Waals surface area contributed by atoms with Gasteiger partial charge >= 0.3 is 0 Å². The molecule has 1 heteroatoms. The first-order chi connectivity index (χ1) is 25.6. The van der Waals surface area contributed by atoms with Gasteiger partial charge in [-0.15, -0.1) is 0 Å². The molecule has 1 nitrogen and oxygen atoms in total. The predicted octanol–water partition coefficient (Wildman–Crippen LogP) is 14.5. The molecule has 0 heterocycles. The van der Waals surface area contributed by atoms with Gasteiger partial charge in [0.2, 0.25) is 0 Å². The third kappa shape index (κ3) is 5.66. The van der Waals surface area contributed by atoms with E-state index in [2.05, 4.69) is 189 Å². The molecule has 0 amide bonds. The molecular weight excluding hydrogens is 627 g/mol. The van der Waals surface area contributed by atoms with Crippen LogP contribution in [0, 0.1) is 0 Å². The van der Waals surface area contributed by atoms with Gasteiger partial charge in [-0.3, -0.25) is 0 Å². The van der Waals surface area contributed by atoms with Crippen molar-refractivity contribution in [2.45, 2.75) is 57.3 Å². The van der Waals surface area contributed by atoms with E-state index < -0.39 is 0 Å². The summed E-state index contributed by atoms with van der Waals surface area (Å²) in [5.41, 5.74) is 17.7. The molecule has 0 aliphatic heterocycles. The zero-order valence-corrected chi connectivity index (χ0v) is 30.2. The molecule has 9 rings (SSSR count). The quantitative estimate of drug-likeness (QED) is 0.163. The third-order valence-corrected chi connectivity index (χ3v) is 11.7. The van der Waals surface area contributed by atoms with Gasteiger partial charge in [-0.25, -0.2) is 0 Å². The molecule has 0 bridgehead atoms. The number of nitrogens with zero attached hydrogens (tertiary/aromatic N) is 1. The number of para-hydroxylation sites is 1. The normalized spacial score (nSPS) is 14.8. The second-order valence-corrected chi connectivity index (χ2v) is 15.1. The maximum absolute atomic E-state index is 2.50. The van der Waals surface area contributed by atoms with Crippen molar-refractivity contribution >= 4 is 17.1 Å². The Bertz CT molecular complexity index is 2340. The molecule has 0 aromatic heterocycles. The summed E-state index contributed by atoms with van der Waals surface area (Å²) in [5, 5.41) is 0. The van der Waals surface area contributed by atoms with Crippen LogP contribution in [0.15, 0.2) is 170 Å². The molecule has 1 fully saturated rings. The molecule has 0 N–H and O–H groups in total. The van der Waals surface area contributed by atoms with Gasteiger partial charge in [-0.05, 0) is 93.1 Å². The highest BCUT2D eigenvalue weighted by Gasteiger charge is 2.38. The molecular formula is C51H45N. The van der Waals surface area contributed by atoms with Gasteiger partial charge in [0.25, 0.3) is 0 Å². The Morgan fingerprint density at radius 1 is 0.423 bits per heavy atom. The van der Waals surface area contributed by atoms with Crippen molar-refractivity contribution in [3.63, 3.8) is 0 Å². The van der Waals surface area contributed by atoms with Crippen molar-refractivity contribution in [3.8, 4) is 44.5 Å². The van der Waals surface area contributed by atoms with E-state index in [1.54, 1.807) is 0 Å². The molecule has 0 radical (unpaired) electrons. The van der Waals surface area contributed by atoms with Gasteiger partial charge in [0.05, 0.1) is 11.4 Å². The molecule has 2 aliphatic rings. The lowest BCUT2D eigenvalue weighted by Gasteiger charge is -2.31. The van der Waals surface area contributed by atoms with E-state index >= 15 is 0 Å². The Morgan fingerprint density at radius 2 is 0.981 bits per heavy atom. The summed E-state index contributed by atoms with van der Waals surface area (Å²) in [4.78, 5) is 2.50. The summed E-state index contributed by atoms with van der Waals surface area (Å²) in [6.07, 6.45) is 6.76. The molecule has 7 aromatic rings. The number of hydrogen-bond acceptors (Lipinski definition) is 1. The monoisotopic (exact) mass is 671 g/mol. The summed E-state index contributed by atoms with van der Waals surface area (Å²) < 4.78 is 0. The van der Waals surface area contributed by atoms with Crippen LogP contribution in [0.5, 0.6) is 0 Å². The van der Waals surface area contributed by atoms with Crippen molar-refractivity contribution < 1.29 is 0 Å². The summed E-state index contributed by atoms with van der Waals surface area (Å²) >= 11 is 0. The van der Waals surface area contributed by atoms with Gasteiger partial charge in [0.15, 0.2) is 0 Å². The lowest BCUT2D eigenvalue weighted by atomic mass is 9.82. The minimum absolute atomic E-state index is 0.0965. The summed E-state index contributed by atoms with van der Waals surface area (Å²) in [5.74, 6) is 0.716. The summed E-state index contributed by atoms with van der Waals surface area (Å²) in [6.45, 7) is 4.73. The molecule has 52 heavy (non-hydrogen) atoms. The van der Waals surface area contributed by atoms with Crippen LogP contribution in [0.2, 0.25) is 0 Å². The lowest BCUT2D eigenvalue weighted by molar-refractivity contribution is 0.443. The van der Waals surface area contributed by atoms with E-state index in [9.17, 15) is 0 Å². The first kappa shape index (κ1) is 32.3. The van der Waals surface area contributed by atoms with Crippen molar-refractivity contribution in [2.24, 2.45) is 0 Å². The number of fused-ring (bicyclic) bond motifs is 3. The molecule has 0 unspecified atom stereocenters. The first-order valence-corrected chi connectivity index (χ1v) is 19.1. The molecule has 7 aromatic carbocycles. The first-order valence-electron chi connectivity index (χ1n) is 19.1. The van der Waals surface area contributed by atoms with Crippen LogP contribution < -0.4 is 4.90 Å². The predicted molar refractivity (Wildman–Crippen MR) is 221 cm³/mol. The number of rotatable bonds is 7. The largest absolute Gasteiger partial charge is 0.309 e. The van der Waals surface area contributed by atoms with Crippen molar-refractivity contribution in [3.05, 3.63) is 187 Å². The Balaban J connectivity index is 1.20. The fourth-order valence-electron chi connectivity index (χ4n) is 9.00. The average Bonchev–Trinajstić information content (AvgIpc) is 3.45. The highest BCUT2D eigenvalue weighted by molar-refractivity contribution is 5.99. The van der Waals surface area contributed by atoms with Crippen LogP contribution in [0.1, 0.15) is 68.6 Å². The molecule has 0 atom stereocenters. The van der Waals surface area contributed by atoms with Gasteiger partial charge in [-0.2, -0.15) is 0 Å². The lowest BCUT2D eigenvalue weighted by Crippen LogP contribution is -2.16. The number of hydrogen-bond donors (Lipinski definition) is 0. The van der Waals surface area contributed by atoms with Crippen molar-refractivity contribution in [1.29, 1.82) is 0 Å². The Kier molecular flexibility index (Phi) is 8.36. The van der Waals surface area contributed by atoms with Gasteiger partial charge in [-0.1, -0.05) is 179 Å². The smallest absolute Gasteiger partial charge is 0.0543 e. The van der Waals surface area contributed by atoms with E-state index in [0.717, 1.165) is 11.4 Å². The van der Waals surface area contributed by atoms with Crippen LogP contribution in [0.4, 0.5) is 17.1 Å². The van der Waals surface area contributed by atoms with Crippen molar-refractivity contribution in [1.82, 2.24) is 0 Å². The highest BCUT2D eigenvalue weighted by atomic mass is 15.1. The number of anilines is 3. The van der Waals surface area contributed by atoms with Gasteiger partial charge in [0.1, 0.15) is 0 Å². The van der Waals surface area contributed by atoms with E-state index in [-0.39, 0.29) is 5.41 Å². The average molecular weight is 672 g/mol. The van der Waals surface area contributed by atoms with E-state index in [1.165, 1.54) is 99.0 Å². The van der Waals surface area contributed by atoms with Gasteiger partial charge < -0.3 is 4.90 Å². The second-order valence-electron chi connectivity index (χ2n) is 15.1. The number of benzene rings is 7. The third-order valence-electron chi connectivity index (χ3n) is 11.7. The molecule has 1 saturated carbocycles. The zero-order valence-electron chi connectivity index (χ0n) is 30.2. The van der Waals surface area contributed by atoms with E-state index in [0.29, 0.717) is 5.92 Å². The summed E-state index contributed by atoms with van der Waals surface area (Å²) in [6, 6.07) is 63.0. The SMILES string of the molecule is CC1(C)c2ccccc2-c2c(N(c3ccc(-c4ccc(C5CCCCC5)cc4)cc3)c3ccccc3-c3ccccc3-c3ccccc3)cccc21. The minimum Gasteiger partial charge on any atom is -0.309 e. The van der Waals surface area contributed by atoms with Crippen molar-refractivity contribution in [2.75, 3.05) is 4.90 Å².